The molecule has 41 heavy (non-hydrogen) atoms. The molecule has 0 atom stereocenters. The van der Waals surface area contributed by atoms with Crippen LogP contribution >= 0.6 is 0 Å². The van der Waals surface area contributed by atoms with Gasteiger partial charge in [0, 0.05) is 57.1 Å². The molecule has 2 aromatic carbocycles. The van der Waals surface area contributed by atoms with Crippen LogP contribution in [0, 0.1) is 11.6 Å². The van der Waals surface area contributed by atoms with Gasteiger partial charge in [0.1, 0.15) is 35.3 Å². The summed E-state index contributed by atoms with van der Waals surface area (Å²) in [5.74, 6) is -2.76. The molecular weight excluding hydrogens is 547 g/mol. The second-order valence-electron chi connectivity index (χ2n) is 9.91. The van der Waals surface area contributed by atoms with Gasteiger partial charge in [-0.3, -0.25) is 9.20 Å². The summed E-state index contributed by atoms with van der Waals surface area (Å²) in [6, 6.07) is 5.73. The molecule has 2 N–H and O–H groups in total. The molecule has 0 bridgehead atoms. The van der Waals surface area contributed by atoms with Crippen LogP contribution in [0.1, 0.15) is 33.3 Å². The van der Waals surface area contributed by atoms with Gasteiger partial charge in [0.15, 0.2) is 5.82 Å². The highest BCUT2D eigenvalue weighted by atomic mass is 19.4. The van der Waals surface area contributed by atoms with E-state index in [-0.39, 0.29) is 47.8 Å². The Bertz CT molecular complexity index is 1870. The van der Waals surface area contributed by atoms with Crippen LogP contribution in [0.25, 0.3) is 27.7 Å². The number of ketones is 1. The van der Waals surface area contributed by atoms with E-state index in [0.29, 0.717) is 28.1 Å². The number of ether oxygens (including phenoxy) is 1. The van der Waals surface area contributed by atoms with Crippen molar-refractivity contribution in [1.82, 2.24) is 18.9 Å². The summed E-state index contributed by atoms with van der Waals surface area (Å²) in [4.78, 5) is 24.3. The first-order valence-corrected chi connectivity index (χ1v) is 12.5. The van der Waals surface area contributed by atoms with Crippen LogP contribution in [0.2, 0.25) is 0 Å². The number of benzene rings is 2. The Labute approximate surface area is 229 Å². The third kappa shape index (κ3) is 4.02. The Balaban J connectivity index is 1.68. The van der Waals surface area contributed by atoms with Crippen molar-refractivity contribution in [3.8, 4) is 11.1 Å². The van der Waals surface area contributed by atoms with Crippen LogP contribution in [-0.4, -0.2) is 45.4 Å². The molecule has 0 fully saturated rings. The molecule has 5 aromatic rings. The van der Waals surface area contributed by atoms with Gasteiger partial charge in [-0.05, 0) is 24.3 Å². The zero-order valence-corrected chi connectivity index (χ0v) is 22.1. The highest BCUT2D eigenvalue weighted by Gasteiger charge is 2.39. The minimum Gasteiger partial charge on any atom is -0.394 e. The largest absolute Gasteiger partial charge is 0.417 e. The number of alkyl halides is 3. The minimum atomic E-state index is -4.74. The van der Waals surface area contributed by atoms with E-state index in [0.717, 1.165) is 18.2 Å². The number of aromatic nitrogens is 4. The normalized spacial score (nSPS) is 13.5. The molecule has 0 aliphatic carbocycles. The van der Waals surface area contributed by atoms with E-state index in [4.69, 9.17) is 10.5 Å². The van der Waals surface area contributed by atoms with Gasteiger partial charge in [0.25, 0.3) is 0 Å². The van der Waals surface area contributed by atoms with Gasteiger partial charge in [0.05, 0.1) is 28.0 Å². The van der Waals surface area contributed by atoms with Crippen molar-refractivity contribution in [3.05, 3.63) is 76.6 Å². The molecule has 0 unspecified atom stereocenters. The second-order valence-corrected chi connectivity index (χ2v) is 9.91. The highest BCUT2D eigenvalue weighted by molar-refractivity contribution is 6.09. The van der Waals surface area contributed by atoms with Crippen LogP contribution in [0.4, 0.5) is 33.3 Å². The van der Waals surface area contributed by atoms with Gasteiger partial charge < -0.3 is 19.9 Å². The Kier molecular flexibility index (Phi) is 6.03. The van der Waals surface area contributed by atoms with Crippen molar-refractivity contribution in [1.29, 1.82) is 0 Å². The molecule has 0 saturated carbocycles. The predicted octanol–water partition coefficient (Wildman–Crippen LogP) is 5.14. The topological polar surface area (TPSA) is 90.7 Å². The van der Waals surface area contributed by atoms with Gasteiger partial charge in [-0.1, -0.05) is 6.07 Å². The lowest BCUT2D eigenvalue weighted by atomic mass is 9.93. The number of fused-ring (bicyclic) bond motifs is 4. The fourth-order valence-electron chi connectivity index (χ4n) is 5.46. The molecule has 212 valence electrons. The summed E-state index contributed by atoms with van der Waals surface area (Å²) in [5.41, 5.74) is 5.11. The molecule has 6 rings (SSSR count). The number of anilines is 2. The highest BCUT2D eigenvalue weighted by Crippen LogP contribution is 2.48. The van der Waals surface area contributed by atoms with Crippen LogP contribution in [0.15, 0.2) is 36.5 Å². The summed E-state index contributed by atoms with van der Waals surface area (Å²) in [6.07, 6.45) is -2.99. The average molecular weight is 571 g/mol. The lowest BCUT2D eigenvalue weighted by molar-refractivity contribution is -0.137. The minimum absolute atomic E-state index is 0.102. The number of likely N-dealkylation sites (N-methyl/N-ethyl adjacent to an activating group) is 1. The summed E-state index contributed by atoms with van der Waals surface area (Å²) < 4.78 is 80.7. The lowest BCUT2D eigenvalue weighted by Crippen LogP contribution is -2.24. The molecular formula is C28H23F5N6O2. The summed E-state index contributed by atoms with van der Waals surface area (Å²) in [6.45, 7) is 0.352. The van der Waals surface area contributed by atoms with Crippen molar-refractivity contribution in [2.45, 2.75) is 19.2 Å². The number of imidazole rings is 2. The molecule has 0 radical (unpaired) electrons. The SMILES string of the molecule is COCc1nc2c3c(c(C(F)(F)F)cc2n1C)-c1cccn2c(C(=O)c4cc(F)c(N)c(F)c4)nc(c12)CCN3C. The quantitative estimate of drug-likeness (QED) is 0.183. The number of carbonyl (C=O) groups is 1. The predicted molar refractivity (Wildman–Crippen MR) is 142 cm³/mol. The monoisotopic (exact) mass is 570 g/mol. The number of aryl methyl sites for hydroxylation is 1. The number of hydrogen-bond acceptors (Lipinski definition) is 6. The number of halogens is 5. The van der Waals surface area contributed by atoms with Crippen molar-refractivity contribution in [3.63, 3.8) is 0 Å². The van der Waals surface area contributed by atoms with E-state index in [9.17, 15) is 26.7 Å². The maximum atomic E-state index is 14.7. The standard InChI is InChI=1S/C28H23F5N6O2/c1-37-8-6-18-24-14(5-4-7-39(24)27(35-18)26(40)13-9-16(29)22(34)17(30)10-13)21-15(28(31,32)33)11-19-23(25(21)37)36-20(12-41-3)38(19)2/h4-5,7,9-11H,6,8,12,34H2,1-3H3. The Morgan fingerprint density at radius 2 is 1.83 bits per heavy atom. The molecule has 0 amide bonds. The number of pyridine rings is 1. The average Bonchev–Trinajstić information content (AvgIpc) is 3.45. The van der Waals surface area contributed by atoms with Gasteiger partial charge >= 0.3 is 6.18 Å². The summed E-state index contributed by atoms with van der Waals surface area (Å²) >= 11 is 0. The second kappa shape index (κ2) is 9.26. The molecule has 3 aromatic heterocycles. The van der Waals surface area contributed by atoms with Crippen LogP contribution in [0.3, 0.4) is 0 Å². The molecule has 4 heterocycles. The number of carbonyl (C=O) groups excluding carboxylic acids is 1. The third-order valence-corrected chi connectivity index (χ3v) is 7.44. The first-order valence-electron chi connectivity index (χ1n) is 12.5. The zero-order chi connectivity index (χ0) is 29.4. The first-order chi connectivity index (χ1) is 19.4. The number of hydrogen-bond donors (Lipinski definition) is 1. The summed E-state index contributed by atoms with van der Waals surface area (Å²) in [7, 11) is 4.79. The van der Waals surface area contributed by atoms with Gasteiger partial charge in [0.2, 0.25) is 5.78 Å². The Morgan fingerprint density at radius 3 is 2.49 bits per heavy atom. The van der Waals surface area contributed by atoms with E-state index in [2.05, 4.69) is 9.97 Å². The number of nitrogens with two attached hydrogens (primary N) is 1. The van der Waals surface area contributed by atoms with E-state index >= 15 is 0 Å². The van der Waals surface area contributed by atoms with E-state index in [1.807, 2.05) is 0 Å². The maximum Gasteiger partial charge on any atom is 0.417 e. The molecule has 0 saturated heterocycles. The first kappa shape index (κ1) is 26.7. The molecule has 13 heteroatoms. The Hall–Kier alpha value is -4.52. The number of methoxy groups -OCH3 is 1. The van der Waals surface area contributed by atoms with Gasteiger partial charge in [-0.25, -0.2) is 18.7 Å². The molecule has 8 nitrogen and oxygen atoms in total. The van der Waals surface area contributed by atoms with Gasteiger partial charge in [-0.2, -0.15) is 13.2 Å². The summed E-state index contributed by atoms with van der Waals surface area (Å²) in [5, 5.41) is 0. The van der Waals surface area contributed by atoms with Gasteiger partial charge in [-0.15, -0.1) is 0 Å². The molecule has 0 spiro atoms. The number of nitrogens with zero attached hydrogens (tertiary/aromatic N) is 5. The van der Waals surface area contributed by atoms with E-state index in [1.54, 1.807) is 23.6 Å². The Morgan fingerprint density at radius 1 is 1.12 bits per heavy atom. The fourth-order valence-corrected chi connectivity index (χ4v) is 5.46. The van der Waals surface area contributed by atoms with Crippen molar-refractivity contribution in [2.24, 2.45) is 7.05 Å². The van der Waals surface area contributed by atoms with Crippen molar-refractivity contribution >= 4 is 33.7 Å². The van der Waals surface area contributed by atoms with E-state index < -0.39 is 34.8 Å². The fraction of sp³-hybridized carbons (Fsp3) is 0.250. The van der Waals surface area contributed by atoms with Crippen LogP contribution < -0.4 is 10.6 Å². The van der Waals surface area contributed by atoms with E-state index in [1.165, 1.54) is 29.8 Å². The lowest BCUT2D eigenvalue weighted by Gasteiger charge is -2.28. The number of rotatable bonds is 4. The number of nitrogen functional groups attached to an aromatic ring is 1. The molecule has 1 aliphatic heterocycles. The zero-order valence-electron chi connectivity index (χ0n) is 22.1. The van der Waals surface area contributed by atoms with Crippen LogP contribution in [-0.2, 0) is 31.0 Å². The molecule has 1 aliphatic rings. The van der Waals surface area contributed by atoms with Crippen molar-refractivity contribution in [2.75, 3.05) is 31.3 Å². The maximum absolute atomic E-state index is 14.7. The van der Waals surface area contributed by atoms with Crippen LogP contribution in [0.5, 0.6) is 0 Å². The van der Waals surface area contributed by atoms with Crippen molar-refractivity contribution < 1.29 is 31.5 Å². The third-order valence-electron chi connectivity index (χ3n) is 7.44. The smallest absolute Gasteiger partial charge is 0.394 e.